The number of esters is 1. The van der Waals surface area contributed by atoms with Crippen molar-refractivity contribution in [1.29, 1.82) is 0 Å². The molecule has 0 spiro atoms. The van der Waals surface area contributed by atoms with Gasteiger partial charge in [0, 0.05) is 11.8 Å². The molecule has 13 heteroatoms. The molecule has 1 aromatic heterocycles. The van der Waals surface area contributed by atoms with Gasteiger partial charge in [0.25, 0.3) is 0 Å². The Balaban J connectivity index is 0.000000429. The van der Waals surface area contributed by atoms with Gasteiger partial charge in [0.1, 0.15) is 11.7 Å². The highest BCUT2D eigenvalue weighted by Crippen LogP contribution is 2.44. The van der Waals surface area contributed by atoms with Crippen molar-refractivity contribution in [1.82, 2.24) is 24.6 Å². The molecular formula is C22H31N5O7S. The summed E-state index contributed by atoms with van der Waals surface area (Å²) < 4.78 is 42.2. The molecule has 2 unspecified atom stereocenters. The van der Waals surface area contributed by atoms with E-state index in [0.29, 0.717) is 17.2 Å². The number of urea groups is 1. The number of aromatic nitrogens is 2. The zero-order valence-electron chi connectivity index (χ0n) is 20.2. The summed E-state index contributed by atoms with van der Waals surface area (Å²) in [7, 11) is -3.75. The first-order chi connectivity index (χ1) is 16.6. The maximum atomic E-state index is 12.5. The van der Waals surface area contributed by atoms with Crippen LogP contribution in [-0.4, -0.2) is 82.9 Å². The number of hydrogen-bond donors (Lipinski definition) is 1. The molecule has 192 valence electrons. The summed E-state index contributed by atoms with van der Waals surface area (Å²) in [5.74, 6) is -0.716. The van der Waals surface area contributed by atoms with Crippen molar-refractivity contribution in [2.75, 3.05) is 33.3 Å². The van der Waals surface area contributed by atoms with Crippen LogP contribution in [0.5, 0.6) is 0 Å². The van der Waals surface area contributed by atoms with E-state index in [2.05, 4.69) is 35.1 Å². The van der Waals surface area contributed by atoms with Crippen molar-refractivity contribution >= 4 is 22.4 Å². The molecule has 2 aromatic rings. The normalized spacial score (nSPS) is 18.9. The second-order valence-electron chi connectivity index (χ2n) is 7.98. The Labute approximate surface area is 204 Å². The molecule has 1 aromatic carbocycles. The van der Waals surface area contributed by atoms with Crippen molar-refractivity contribution in [3.05, 3.63) is 53.3 Å². The average Bonchev–Trinajstić information content (AvgIpc) is 3.36. The van der Waals surface area contributed by atoms with Gasteiger partial charge in [0.2, 0.25) is 0 Å². The third-order valence-corrected chi connectivity index (χ3v) is 6.31. The standard InChI is InChI=1S/C16H16N4O7S.C6H15N/c1-26-15(21)14-13-11(8-18(17-13)7-10-5-3-2-4-6-10)12-9-19(14)16(22)20(12)27-28(23,24)25;1-4-7(5-2)6-3/h2-6,8,12,14H,7,9H2,1H3,(H,23,24,25);4-6H2,1-3H3. The minimum atomic E-state index is -4.93. The molecule has 1 fully saturated rings. The van der Waals surface area contributed by atoms with Gasteiger partial charge in [0.15, 0.2) is 6.04 Å². The summed E-state index contributed by atoms with van der Waals surface area (Å²) in [6.07, 6.45) is 1.62. The van der Waals surface area contributed by atoms with Crippen LogP contribution in [0.1, 0.15) is 49.7 Å². The third-order valence-electron chi connectivity index (χ3n) is 5.96. The summed E-state index contributed by atoms with van der Waals surface area (Å²) in [5, 5.41) is 4.96. The number of rotatable bonds is 8. The molecule has 0 saturated carbocycles. The molecule has 35 heavy (non-hydrogen) atoms. The number of hydrogen-bond acceptors (Lipinski definition) is 8. The van der Waals surface area contributed by atoms with E-state index >= 15 is 0 Å². The lowest BCUT2D eigenvalue weighted by molar-refractivity contribution is -0.146. The first kappa shape index (κ1) is 26.6. The van der Waals surface area contributed by atoms with Crippen molar-refractivity contribution in [3.63, 3.8) is 0 Å². The predicted molar refractivity (Wildman–Crippen MR) is 125 cm³/mol. The summed E-state index contributed by atoms with van der Waals surface area (Å²) in [4.78, 5) is 28.4. The number of benzene rings is 1. The van der Waals surface area contributed by atoms with Crippen molar-refractivity contribution in [2.24, 2.45) is 0 Å². The average molecular weight is 510 g/mol. The minimum absolute atomic E-state index is 0.0157. The molecule has 1 N–H and O–H groups in total. The van der Waals surface area contributed by atoms with Crippen molar-refractivity contribution < 1.29 is 31.6 Å². The van der Waals surface area contributed by atoms with Crippen LogP contribution in [0.4, 0.5) is 4.79 Å². The van der Waals surface area contributed by atoms with Crippen LogP contribution in [0.15, 0.2) is 36.5 Å². The Bertz CT molecular complexity index is 1130. The van der Waals surface area contributed by atoms with Gasteiger partial charge in [-0.2, -0.15) is 18.6 Å². The molecule has 12 nitrogen and oxygen atoms in total. The monoisotopic (exact) mass is 509 g/mol. The molecule has 2 atom stereocenters. The minimum Gasteiger partial charge on any atom is -0.467 e. The second kappa shape index (κ2) is 11.2. The molecule has 0 radical (unpaired) electrons. The van der Waals surface area contributed by atoms with E-state index in [1.807, 2.05) is 30.3 Å². The van der Waals surface area contributed by atoms with Gasteiger partial charge in [-0.05, 0) is 25.2 Å². The molecule has 1 saturated heterocycles. The SMILES string of the molecule is CCN(CC)CC.COC(=O)C1c2nn(Cc3ccccc3)cc2C2CN1C(=O)N2OS(=O)(=O)O. The smallest absolute Gasteiger partial charge is 0.418 e. The Morgan fingerprint density at radius 1 is 1.17 bits per heavy atom. The summed E-state index contributed by atoms with van der Waals surface area (Å²) in [6.45, 7) is 10.5. The number of nitrogens with zero attached hydrogens (tertiary/aromatic N) is 5. The van der Waals surface area contributed by atoms with E-state index in [9.17, 15) is 18.0 Å². The van der Waals surface area contributed by atoms with E-state index in [0.717, 1.165) is 10.5 Å². The van der Waals surface area contributed by atoms with Gasteiger partial charge in [-0.3, -0.25) is 9.23 Å². The lowest BCUT2D eigenvalue weighted by atomic mass is 9.98. The fourth-order valence-corrected chi connectivity index (χ4v) is 4.54. The number of methoxy groups -OCH3 is 1. The quantitative estimate of drug-likeness (QED) is 0.419. The molecular weight excluding hydrogens is 478 g/mol. The highest BCUT2D eigenvalue weighted by Gasteiger charge is 2.54. The van der Waals surface area contributed by atoms with E-state index in [-0.39, 0.29) is 12.2 Å². The highest BCUT2D eigenvalue weighted by atomic mass is 32.3. The number of ether oxygens (including phenoxy) is 1. The van der Waals surface area contributed by atoms with Crippen LogP contribution in [0, 0.1) is 0 Å². The maximum Gasteiger partial charge on any atom is 0.418 e. The van der Waals surface area contributed by atoms with Gasteiger partial charge < -0.3 is 14.5 Å². The van der Waals surface area contributed by atoms with Crippen LogP contribution in [0.25, 0.3) is 0 Å². The van der Waals surface area contributed by atoms with Crippen LogP contribution < -0.4 is 0 Å². The molecule has 2 aliphatic heterocycles. The number of fused-ring (bicyclic) bond motifs is 4. The molecule has 2 aliphatic rings. The molecule has 2 bridgehead atoms. The first-order valence-electron chi connectivity index (χ1n) is 11.3. The van der Waals surface area contributed by atoms with Gasteiger partial charge >= 0.3 is 22.4 Å². The number of carbonyl (C=O) groups is 2. The van der Waals surface area contributed by atoms with E-state index in [1.54, 1.807) is 10.9 Å². The first-order valence-corrected chi connectivity index (χ1v) is 12.7. The number of carbonyl (C=O) groups excluding carboxylic acids is 2. The van der Waals surface area contributed by atoms with Crippen LogP contribution in [0.3, 0.4) is 0 Å². The number of hydroxylamine groups is 2. The van der Waals surface area contributed by atoms with E-state index < -0.39 is 34.5 Å². The van der Waals surface area contributed by atoms with Crippen LogP contribution in [0.2, 0.25) is 0 Å². The molecule has 3 heterocycles. The highest BCUT2D eigenvalue weighted by molar-refractivity contribution is 7.80. The molecule has 4 rings (SSSR count). The van der Waals surface area contributed by atoms with Gasteiger partial charge in [-0.1, -0.05) is 51.1 Å². The van der Waals surface area contributed by atoms with Crippen LogP contribution in [-0.2, 0) is 30.8 Å². The Kier molecular flexibility index (Phi) is 8.48. The molecule has 0 aliphatic carbocycles. The number of amides is 2. The lowest BCUT2D eigenvalue weighted by Crippen LogP contribution is -2.39. The fraction of sp³-hybridized carbons (Fsp3) is 0.500. The van der Waals surface area contributed by atoms with Gasteiger partial charge in [-0.15, -0.1) is 4.28 Å². The zero-order chi connectivity index (χ0) is 25.8. The Morgan fingerprint density at radius 3 is 2.31 bits per heavy atom. The van der Waals surface area contributed by atoms with E-state index in [4.69, 9.17) is 9.29 Å². The second-order valence-corrected chi connectivity index (χ2v) is 8.98. The summed E-state index contributed by atoms with van der Waals surface area (Å²) >= 11 is 0. The lowest BCUT2D eigenvalue weighted by Gasteiger charge is -2.27. The van der Waals surface area contributed by atoms with Crippen molar-refractivity contribution in [2.45, 2.75) is 39.4 Å². The summed E-state index contributed by atoms with van der Waals surface area (Å²) in [6, 6.07) is 6.58. The maximum absolute atomic E-state index is 12.5. The predicted octanol–water partition coefficient (Wildman–Crippen LogP) is 2.02. The Morgan fingerprint density at radius 2 is 1.80 bits per heavy atom. The van der Waals surface area contributed by atoms with E-state index in [1.165, 1.54) is 26.7 Å². The van der Waals surface area contributed by atoms with Crippen LogP contribution >= 0.6 is 0 Å². The fourth-order valence-electron chi connectivity index (χ4n) is 4.17. The summed E-state index contributed by atoms with van der Waals surface area (Å²) in [5.41, 5.74) is 1.68. The van der Waals surface area contributed by atoms with Gasteiger partial charge in [0.05, 0.1) is 20.2 Å². The molecule has 2 amide bonds. The topological polar surface area (TPSA) is 135 Å². The zero-order valence-corrected chi connectivity index (χ0v) is 21.0. The Hall–Kier alpha value is -3.00. The largest absolute Gasteiger partial charge is 0.467 e. The van der Waals surface area contributed by atoms with Crippen molar-refractivity contribution in [3.8, 4) is 0 Å². The van der Waals surface area contributed by atoms with Gasteiger partial charge in [-0.25, -0.2) is 9.59 Å². The third kappa shape index (κ3) is 5.99.